The molecule has 140 valence electrons. The molecule has 1 fully saturated rings. The van der Waals surface area contributed by atoms with Gasteiger partial charge in [0.05, 0.1) is 25.3 Å². The minimum atomic E-state index is 0.449. The maximum absolute atomic E-state index is 5.43. The predicted molar refractivity (Wildman–Crippen MR) is 106 cm³/mol. The van der Waals surface area contributed by atoms with E-state index in [1.807, 2.05) is 30.5 Å². The van der Waals surface area contributed by atoms with Gasteiger partial charge in [-0.15, -0.1) is 0 Å². The zero-order valence-electron chi connectivity index (χ0n) is 15.7. The highest BCUT2D eigenvalue weighted by Crippen LogP contribution is 2.16. The van der Waals surface area contributed by atoms with Gasteiger partial charge in [0.1, 0.15) is 0 Å². The first-order chi connectivity index (χ1) is 12.8. The molecule has 1 aliphatic rings. The van der Waals surface area contributed by atoms with Crippen LogP contribution in [0.2, 0.25) is 0 Å². The second-order valence-corrected chi connectivity index (χ2v) is 6.56. The number of rotatable bonds is 6. The molecule has 6 nitrogen and oxygen atoms in total. The lowest BCUT2D eigenvalue weighted by Crippen LogP contribution is -2.49. The summed E-state index contributed by atoms with van der Waals surface area (Å²) in [6.45, 7) is 10.3. The van der Waals surface area contributed by atoms with Crippen molar-refractivity contribution < 1.29 is 4.74 Å². The fourth-order valence-corrected chi connectivity index (χ4v) is 3.19. The lowest BCUT2D eigenvalue weighted by atomic mass is 10.1. The Hall–Kier alpha value is -2.18. The maximum atomic E-state index is 5.43. The highest BCUT2D eigenvalue weighted by molar-refractivity contribution is 5.83. The molecular formula is C20H29N5O. The number of guanidine groups is 1. The molecule has 6 heteroatoms. The highest BCUT2D eigenvalue weighted by Gasteiger charge is 2.17. The van der Waals surface area contributed by atoms with Gasteiger partial charge in [-0.25, -0.2) is 4.99 Å². The predicted octanol–water partition coefficient (Wildman–Crippen LogP) is 2.01. The molecule has 1 atom stereocenters. The average Bonchev–Trinajstić information content (AvgIpc) is 2.70. The number of nitrogens with zero attached hydrogens (tertiary/aromatic N) is 3. The molecule has 0 spiro atoms. The number of aliphatic imine (C=N–C) groups is 1. The summed E-state index contributed by atoms with van der Waals surface area (Å²) in [7, 11) is 0. The van der Waals surface area contributed by atoms with E-state index in [4.69, 9.17) is 9.73 Å². The zero-order valence-corrected chi connectivity index (χ0v) is 15.7. The molecule has 2 N–H and O–H groups in total. The maximum Gasteiger partial charge on any atom is 0.191 e. The van der Waals surface area contributed by atoms with Crippen LogP contribution in [-0.4, -0.2) is 61.3 Å². The van der Waals surface area contributed by atoms with Gasteiger partial charge in [-0.3, -0.25) is 9.88 Å². The van der Waals surface area contributed by atoms with Gasteiger partial charge < -0.3 is 15.4 Å². The van der Waals surface area contributed by atoms with Gasteiger partial charge in [0.2, 0.25) is 0 Å². The van der Waals surface area contributed by atoms with Crippen LogP contribution in [0.1, 0.15) is 19.4 Å². The van der Waals surface area contributed by atoms with Crippen LogP contribution < -0.4 is 10.6 Å². The van der Waals surface area contributed by atoms with Crippen molar-refractivity contribution in [2.75, 3.05) is 39.4 Å². The normalized spacial score (nSPS) is 17.2. The summed E-state index contributed by atoms with van der Waals surface area (Å²) in [6.07, 6.45) is 1.86. The summed E-state index contributed by atoms with van der Waals surface area (Å²) in [5, 5.41) is 7.98. The summed E-state index contributed by atoms with van der Waals surface area (Å²) in [4.78, 5) is 11.7. The third kappa shape index (κ3) is 4.93. The Bertz CT molecular complexity index is 722. The van der Waals surface area contributed by atoms with Crippen molar-refractivity contribution in [3.05, 3.63) is 42.1 Å². The highest BCUT2D eigenvalue weighted by atomic mass is 16.5. The Morgan fingerprint density at radius 1 is 1.23 bits per heavy atom. The molecule has 26 heavy (non-hydrogen) atoms. The standard InChI is InChI=1S/C20H29N5O/c1-3-21-20(23-14-16(2)25-10-12-26-13-11-25)24-15-17-8-9-22-19-7-5-4-6-18(17)19/h4-9,16H,3,10-15H2,1-2H3,(H2,21,23,24). The molecule has 2 aromatic rings. The van der Waals surface area contributed by atoms with Crippen molar-refractivity contribution in [2.45, 2.75) is 26.4 Å². The van der Waals surface area contributed by atoms with E-state index in [1.165, 1.54) is 5.56 Å². The number of morpholine rings is 1. The largest absolute Gasteiger partial charge is 0.379 e. The Morgan fingerprint density at radius 2 is 2.04 bits per heavy atom. The van der Waals surface area contributed by atoms with Crippen LogP contribution in [0.5, 0.6) is 0 Å². The van der Waals surface area contributed by atoms with Gasteiger partial charge in [-0.1, -0.05) is 18.2 Å². The van der Waals surface area contributed by atoms with Crippen LogP contribution in [0.15, 0.2) is 41.5 Å². The van der Waals surface area contributed by atoms with Crippen LogP contribution in [0.4, 0.5) is 0 Å². The third-order valence-electron chi connectivity index (χ3n) is 4.73. The van der Waals surface area contributed by atoms with Crippen LogP contribution in [0.3, 0.4) is 0 Å². The molecule has 1 unspecified atom stereocenters. The number of ether oxygens (including phenoxy) is 1. The van der Waals surface area contributed by atoms with E-state index in [-0.39, 0.29) is 0 Å². The first-order valence-electron chi connectivity index (χ1n) is 9.44. The third-order valence-corrected chi connectivity index (χ3v) is 4.73. The molecule has 1 aromatic carbocycles. The van der Waals surface area contributed by atoms with Crippen molar-refractivity contribution in [2.24, 2.45) is 4.99 Å². The molecule has 0 amide bonds. The summed E-state index contributed by atoms with van der Waals surface area (Å²) in [5.41, 5.74) is 2.20. The van der Waals surface area contributed by atoms with E-state index in [9.17, 15) is 0 Å². The molecule has 0 bridgehead atoms. The van der Waals surface area contributed by atoms with Gasteiger partial charge in [-0.2, -0.15) is 0 Å². The minimum Gasteiger partial charge on any atom is -0.379 e. The van der Waals surface area contributed by atoms with Crippen LogP contribution in [0, 0.1) is 0 Å². The number of nitrogens with one attached hydrogen (secondary N) is 2. The van der Waals surface area contributed by atoms with E-state index in [1.54, 1.807) is 0 Å². The summed E-state index contributed by atoms with van der Waals surface area (Å²) in [5.74, 6) is 0.855. The smallest absolute Gasteiger partial charge is 0.191 e. The Labute approximate surface area is 155 Å². The Kier molecular flexibility index (Phi) is 6.80. The molecule has 1 aromatic heterocycles. The van der Waals surface area contributed by atoms with E-state index in [0.29, 0.717) is 12.6 Å². The molecule has 0 saturated carbocycles. The number of fused-ring (bicyclic) bond motifs is 1. The number of benzene rings is 1. The number of para-hydroxylation sites is 1. The Balaban J connectivity index is 1.63. The van der Waals surface area contributed by atoms with E-state index >= 15 is 0 Å². The fraction of sp³-hybridized carbons (Fsp3) is 0.500. The zero-order chi connectivity index (χ0) is 18.2. The van der Waals surface area contributed by atoms with Crippen molar-refractivity contribution in [3.63, 3.8) is 0 Å². The number of hydrogen-bond acceptors (Lipinski definition) is 4. The first-order valence-corrected chi connectivity index (χ1v) is 9.44. The topological polar surface area (TPSA) is 61.8 Å². The van der Waals surface area contributed by atoms with Crippen LogP contribution >= 0.6 is 0 Å². The minimum absolute atomic E-state index is 0.449. The summed E-state index contributed by atoms with van der Waals surface area (Å²) < 4.78 is 5.43. The summed E-state index contributed by atoms with van der Waals surface area (Å²) in [6, 6.07) is 10.7. The SMILES string of the molecule is CCNC(=NCc1ccnc2ccccc12)NCC(C)N1CCOCC1. The molecule has 1 saturated heterocycles. The molecule has 3 rings (SSSR count). The van der Waals surface area contributed by atoms with E-state index in [0.717, 1.165) is 56.3 Å². The molecular weight excluding hydrogens is 326 g/mol. The van der Waals surface area contributed by atoms with E-state index < -0.39 is 0 Å². The Morgan fingerprint density at radius 3 is 2.85 bits per heavy atom. The van der Waals surface area contributed by atoms with Crippen molar-refractivity contribution >= 4 is 16.9 Å². The van der Waals surface area contributed by atoms with Crippen molar-refractivity contribution in [3.8, 4) is 0 Å². The van der Waals surface area contributed by atoms with Crippen molar-refractivity contribution in [1.82, 2.24) is 20.5 Å². The van der Waals surface area contributed by atoms with E-state index in [2.05, 4.69) is 40.4 Å². The second kappa shape index (κ2) is 9.50. The monoisotopic (exact) mass is 355 g/mol. The van der Waals surface area contributed by atoms with Crippen LogP contribution in [-0.2, 0) is 11.3 Å². The van der Waals surface area contributed by atoms with Gasteiger partial charge in [0.15, 0.2) is 5.96 Å². The molecule has 2 heterocycles. The number of aromatic nitrogens is 1. The first kappa shape index (κ1) is 18.6. The lowest BCUT2D eigenvalue weighted by Gasteiger charge is -2.32. The van der Waals surface area contributed by atoms with Gasteiger partial charge >= 0.3 is 0 Å². The number of hydrogen-bond donors (Lipinski definition) is 2. The van der Waals surface area contributed by atoms with Gasteiger partial charge in [-0.05, 0) is 31.5 Å². The number of pyridine rings is 1. The molecule has 1 aliphatic heterocycles. The van der Waals surface area contributed by atoms with Gasteiger partial charge in [0, 0.05) is 43.8 Å². The van der Waals surface area contributed by atoms with Gasteiger partial charge in [0.25, 0.3) is 0 Å². The summed E-state index contributed by atoms with van der Waals surface area (Å²) >= 11 is 0. The fourth-order valence-electron chi connectivity index (χ4n) is 3.19. The lowest BCUT2D eigenvalue weighted by molar-refractivity contribution is 0.0211. The average molecular weight is 355 g/mol. The van der Waals surface area contributed by atoms with Crippen LogP contribution in [0.25, 0.3) is 10.9 Å². The van der Waals surface area contributed by atoms with Crippen molar-refractivity contribution in [1.29, 1.82) is 0 Å². The molecule has 0 aliphatic carbocycles. The molecule has 0 radical (unpaired) electrons. The quantitative estimate of drug-likeness (QED) is 0.613. The second-order valence-electron chi connectivity index (χ2n) is 6.56.